The number of fused-ring (bicyclic) bond motifs is 1. The molecule has 0 saturated heterocycles. The fourth-order valence-electron chi connectivity index (χ4n) is 2.71. The highest BCUT2D eigenvalue weighted by atomic mass is 35.5. The van der Waals surface area contributed by atoms with E-state index in [2.05, 4.69) is 23.5 Å². The normalized spacial score (nSPS) is 12.6. The number of benzene rings is 3. The van der Waals surface area contributed by atoms with Gasteiger partial charge in [-0.3, -0.25) is 0 Å². The van der Waals surface area contributed by atoms with Crippen LogP contribution in [0.4, 0.5) is 4.79 Å². The average molecular weight is 400 g/mol. The maximum absolute atomic E-state index is 12.5. The van der Waals surface area contributed by atoms with E-state index >= 15 is 0 Å². The number of hydrogen-bond donors (Lipinski definition) is 1. The first-order valence-electron chi connectivity index (χ1n) is 8.71. The molecule has 0 spiro atoms. The fourth-order valence-corrected chi connectivity index (χ4v) is 3.89. The SMILES string of the molecule is CC(C)(C)OC(=O)N[C@H](Sc1ccc(Cl)cc1)c1cccc2ccccc12. The van der Waals surface area contributed by atoms with E-state index in [9.17, 15) is 4.79 Å². The van der Waals surface area contributed by atoms with Gasteiger partial charge >= 0.3 is 6.09 Å². The molecule has 0 heterocycles. The number of carbonyl (C=O) groups is 1. The molecule has 0 unspecified atom stereocenters. The summed E-state index contributed by atoms with van der Waals surface area (Å²) < 4.78 is 5.47. The van der Waals surface area contributed by atoms with E-state index < -0.39 is 11.7 Å². The Hall–Kier alpha value is -2.17. The third-order valence-corrected chi connectivity index (χ3v) is 5.23. The lowest BCUT2D eigenvalue weighted by molar-refractivity contribution is 0.0522. The second kappa shape index (κ2) is 8.24. The van der Waals surface area contributed by atoms with Gasteiger partial charge in [0.15, 0.2) is 0 Å². The van der Waals surface area contributed by atoms with Gasteiger partial charge in [0.2, 0.25) is 0 Å². The number of amides is 1. The second-order valence-electron chi connectivity index (χ2n) is 7.17. The van der Waals surface area contributed by atoms with Gasteiger partial charge in [0, 0.05) is 9.92 Å². The summed E-state index contributed by atoms with van der Waals surface area (Å²) in [5.41, 5.74) is 0.470. The summed E-state index contributed by atoms with van der Waals surface area (Å²) in [5.74, 6) is 0. The Morgan fingerprint density at radius 3 is 2.37 bits per heavy atom. The van der Waals surface area contributed by atoms with Gasteiger partial charge in [0.25, 0.3) is 0 Å². The average Bonchev–Trinajstić information content (AvgIpc) is 2.61. The molecule has 27 heavy (non-hydrogen) atoms. The van der Waals surface area contributed by atoms with Crippen LogP contribution in [0.1, 0.15) is 31.7 Å². The van der Waals surface area contributed by atoms with E-state index in [4.69, 9.17) is 16.3 Å². The van der Waals surface area contributed by atoms with Gasteiger partial charge in [0.05, 0.1) is 0 Å². The highest BCUT2D eigenvalue weighted by Gasteiger charge is 2.22. The Labute approximate surface area is 169 Å². The topological polar surface area (TPSA) is 38.3 Å². The van der Waals surface area contributed by atoms with Gasteiger partial charge in [-0.1, -0.05) is 65.8 Å². The van der Waals surface area contributed by atoms with Crippen molar-refractivity contribution in [2.75, 3.05) is 0 Å². The van der Waals surface area contributed by atoms with Crippen molar-refractivity contribution in [3.05, 3.63) is 77.3 Å². The number of nitrogens with one attached hydrogen (secondary N) is 1. The number of halogens is 1. The molecular weight excluding hydrogens is 378 g/mol. The van der Waals surface area contributed by atoms with Crippen LogP contribution >= 0.6 is 23.4 Å². The molecular formula is C22H22ClNO2S. The van der Waals surface area contributed by atoms with E-state index in [0.717, 1.165) is 21.2 Å². The van der Waals surface area contributed by atoms with Crippen molar-refractivity contribution in [3.8, 4) is 0 Å². The third kappa shape index (κ3) is 5.41. The molecule has 3 aromatic rings. The van der Waals surface area contributed by atoms with Crippen molar-refractivity contribution in [1.29, 1.82) is 0 Å². The van der Waals surface area contributed by atoms with Crippen molar-refractivity contribution in [2.45, 2.75) is 36.6 Å². The molecule has 0 radical (unpaired) electrons. The lowest BCUT2D eigenvalue weighted by atomic mass is 10.0. The van der Waals surface area contributed by atoms with Crippen LogP contribution in [0.2, 0.25) is 5.02 Å². The Morgan fingerprint density at radius 1 is 1.00 bits per heavy atom. The lowest BCUT2D eigenvalue weighted by Crippen LogP contribution is -2.34. The zero-order valence-corrected chi connectivity index (χ0v) is 17.1. The summed E-state index contributed by atoms with van der Waals surface area (Å²) >= 11 is 7.55. The standard InChI is InChI=1S/C22H22ClNO2S/c1-22(2,3)26-21(25)24-20(27-17-13-11-16(23)12-14-17)19-10-6-8-15-7-4-5-9-18(15)19/h4-14,20H,1-3H3,(H,24,25)/t20-/m1/s1. The molecule has 140 valence electrons. The van der Waals surface area contributed by atoms with E-state index in [-0.39, 0.29) is 5.37 Å². The molecule has 0 aliphatic rings. The van der Waals surface area contributed by atoms with Crippen LogP contribution in [-0.4, -0.2) is 11.7 Å². The zero-order chi connectivity index (χ0) is 19.4. The molecule has 1 atom stereocenters. The van der Waals surface area contributed by atoms with E-state index in [0.29, 0.717) is 5.02 Å². The molecule has 1 N–H and O–H groups in total. The van der Waals surface area contributed by atoms with Crippen molar-refractivity contribution >= 4 is 40.2 Å². The predicted molar refractivity (Wildman–Crippen MR) is 113 cm³/mol. The number of ether oxygens (including phenoxy) is 1. The third-order valence-electron chi connectivity index (χ3n) is 3.82. The number of thioether (sulfide) groups is 1. The van der Waals surface area contributed by atoms with E-state index in [1.165, 1.54) is 0 Å². The molecule has 5 heteroatoms. The summed E-state index contributed by atoms with van der Waals surface area (Å²) in [5, 5.41) is 5.62. The highest BCUT2D eigenvalue weighted by molar-refractivity contribution is 7.99. The zero-order valence-electron chi connectivity index (χ0n) is 15.5. The van der Waals surface area contributed by atoms with Gasteiger partial charge in [-0.05, 0) is 61.4 Å². The van der Waals surface area contributed by atoms with Crippen molar-refractivity contribution in [2.24, 2.45) is 0 Å². The minimum Gasteiger partial charge on any atom is -0.444 e. The predicted octanol–water partition coefficient (Wildman–Crippen LogP) is 6.81. The first-order chi connectivity index (χ1) is 12.8. The summed E-state index contributed by atoms with van der Waals surface area (Å²) in [7, 11) is 0. The Morgan fingerprint density at radius 2 is 1.67 bits per heavy atom. The smallest absolute Gasteiger partial charge is 0.408 e. The molecule has 0 aliphatic carbocycles. The maximum Gasteiger partial charge on any atom is 0.408 e. The lowest BCUT2D eigenvalue weighted by Gasteiger charge is -2.24. The van der Waals surface area contributed by atoms with Crippen LogP contribution in [-0.2, 0) is 4.74 Å². The van der Waals surface area contributed by atoms with E-state index in [1.807, 2.05) is 69.3 Å². The van der Waals surface area contributed by atoms with Crippen molar-refractivity contribution in [3.63, 3.8) is 0 Å². The second-order valence-corrected chi connectivity index (χ2v) is 8.78. The molecule has 0 aliphatic heterocycles. The van der Waals surface area contributed by atoms with Crippen LogP contribution in [0, 0.1) is 0 Å². The summed E-state index contributed by atoms with van der Waals surface area (Å²) in [6, 6.07) is 21.8. The molecule has 0 aromatic heterocycles. The minimum atomic E-state index is -0.557. The number of alkyl carbamates (subject to hydrolysis) is 1. The Bertz CT molecular complexity index is 930. The molecule has 0 bridgehead atoms. The van der Waals surface area contributed by atoms with Crippen molar-refractivity contribution in [1.82, 2.24) is 5.32 Å². The van der Waals surface area contributed by atoms with Crippen LogP contribution in [0.3, 0.4) is 0 Å². The first-order valence-corrected chi connectivity index (χ1v) is 9.97. The highest BCUT2D eigenvalue weighted by Crippen LogP contribution is 2.37. The minimum absolute atomic E-state index is 0.299. The monoisotopic (exact) mass is 399 g/mol. The first kappa shape index (κ1) is 19.6. The van der Waals surface area contributed by atoms with Gasteiger partial charge in [0.1, 0.15) is 11.0 Å². The van der Waals surface area contributed by atoms with Gasteiger partial charge in [-0.25, -0.2) is 4.79 Å². The molecule has 1 amide bonds. The number of carbonyl (C=O) groups excluding carboxylic acids is 1. The Balaban J connectivity index is 1.95. The van der Waals surface area contributed by atoms with Gasteiger partial charge < -0.3 is 10.1 Å². The van der Waals surface area contributed by atoms with Crippen LogP contribution in [0.25, 0.3) is 10.8 Å². The molecule has 3 rings (SSSR count). The Kier molecular flexibility index (Phi) is 5.98. The molecule has 0 saturated carbocycles. The van der Waals surface area contributed by atoms with Crippen molar-refractivity contribution < 1.29 is 9.53 Å². The molecule has 3 nitrogen and oxygen atoms in total. The van der Waals surface area contributed by atoms with E-state index in [1.54, 1.807) is 11.8 Å². The maximum atomic E-state index is 12.5. The fraction of sp³-hybridized carbons (Fsp3) is 0.227. The van der Waals surface area contributed by atoms with Crippen LogP contribution < -0.4 is 5.32 Å². The molecule has 3 aromatic carbocycles. The summed E-state index contributed by atoms with van der Waals surface area (Å²) in [4.78, 5) is 13.5. The van der Waals surface area contributed by atoms with Crippen LogP contribution in [0.15, 0.2) is 71.6 Å². The summed E-state index contributed by atoms with van der Waals surface area (Å²) in [6.45, 7) is 5.56. The van der Waals surface area contributed by atoms with Gasteiger partial charge in [-0.2, -0.15) is 0 Å². The molecule has 0 fully saturated rings. The van der Waals surface area contributed by atoms with Crippen LogP contribution in [0.5, 0.6) is 0 Å². The summed E-state index contributed by atoms with van der Waals surface area (Å²) in [6.07, 6.45) is -0.443. The quantitative estimate of drug-likeness (QED) is 0.387. The number of hydrogen-bond acceptors (Lipinski definition) is 3. The largest absolute Gasteiger partial charge is 0.444 e. The van der Waals surface area contributed by atoms with Gasteiger partial charge in [-0.15, -0.1) is 0 Å². The number of rotatable bonds is 4.